The molecule has 0 N–H and O–H groups in total. The summed E-state index contributed by atoms with van der Waals surface area (Å²) in [6.07, 6.45) is 0.637. The van der Waals surface area contributed by atoms with Crippen molar-refractivity contribution in [1.29, 1.82) is 0 Å². The molecule has 0 aromatic heterocycles. The van der Waals surface area contributed by atoms with Gasteiger partial charge >= 0.3 is 0 Å². The minimum absolute atomic E-state index is 0.0360. The monoisotopic (exact) mass is 411 g/mol. The summed E-state index contributed by atoms with van der Waals surface area (Å²) in [5.41, 5.74) is 0. The van der Waals surface area contributed by atoms with Gasteiger partial charge in [0, 0.05) is 12.8 Å². The van der Waals surface area contributed by atoms with Gasteiger partial charge in [-0.2, -0.15) is 4.31 Å². The van der Waals surface area contributed by atoms with E-state index in [0.717, 1.165) is 6.26 Å². The van der Waals surface area contributed by atoms with E-state index >= 15 is 0 Å². The van der Waals surface area contributed by atoms with Crippen molar-refractivity contribution < 1.29 is 26.3 Å². The number of rotatable bonds is 6. The number of ether oxygens (including phenoxy) is 2. The van der Waals surface area contributed by atoms with Crippen molar-refractivity contribution in [2.75, 3.05) is 26.0 Å². The number of sulfonamides is 1. The molecule has 9 heteroatoms. The number of likely N-dealkylation sites (N-methyl/N-ethyl adjacent to an activating group) is 1. The fraction of sp³-hybridized carbons (Fsp3) is 0.333. The second kappa shape index (κ2) is 7.49. The number of sulfone groups is 1. The average Bonchev–Trinajstić information content (AvgIpc) is 2.65. The van der Waals surface area contributed by atoms with Crippen molar-refractivity contribution in [2.24, 2.45) is 0 Å². The van der Waals surface area contributed by atoms with Crippen LogP contribution in [0.15, 0.2) is 58.3 Å². The van der Waals surface area contributed by atoms with E-state index in [-0.39, 0.29) is 29.5 Å². The summed E-state index contributed by atoms with van der Waals surface area (Å²) in [6, 6.07) is 12.4. The first kappa shape index (κ1) is 19.7. The summed E-state index contributed by atoms with van der Waals surface area (Å²) in [4.78, 5) is 0.110. The molecule has 1 atom stereocenters. The van der Waals surface area contributed by atoms with E-state index in [1.165, 1.54) is 28.6 Å². The molecule has 0 unspecified atom stereocenters. The summed E-state index contributed by atoms with van der Waals surface area (Å²) in [7, 11) is -7.17. The van der Waals surface area contributed by atoms with Crippen molar-refractivity contribution in [1.82, 2.24) is 4.31 Å². The zero-order valence-electron chi connectivity index (χ0n) is 15.0. The van der Waals surface area contributed by atoms with Crippen LogP contribution in [0.2, 0.25) is 0 Å². The van der Waals surface area contributed by atoms with Crippen molar-refractivity contribution in [3.05, 3.63) is 48.5 Å². The molecule has 0 radical (unpaired) electrons. The molecule has 0 aliphatic carbocycles. The number of hydrogen-bond donors (Lipinski definition) is 0. The van der Waals surface area contributed by atoms with Crippen LogP contribution < -0.4 is 9.47 Å². The molecular formula is C18H21NO6S2. The van der Waals surface area contributed by atoms with Gasteiger partial charge in [-0.3, -0.25) is 0 Å². The van der Waals surface area contributed by atoms with Gasteiger partial charge < -0.3 is 9.47 Å². The van der Waals surface area contributed by atoms with Gasteiger partial charge in [0.2, 0.25) is 10.0 Å². The summed E-state index contributed by atoms with van der Waals surface area (Å²) < 4.78 is 61.7. The topological polar surface area (TPSA) is 90.0 Å². The van der Waals surface area contributed by atoms with Gasteiger partial charge in [-0.05, 0) is 36.4 Å². The average molecular weight is 412 g/mol. The Kier molecular flexibility index (Phi) is 5.45. The Hall–Kier alpha value is -2.10. The molecule has 0 amide bonds. The van der Waals surface area contributed by atoms with Gasteiger partial charge in [-0.1, -0.05) is 19.1 Å². The molecule has 7 nitrogen and oxygen atoms in total. The molecule has 2 aromatic rings. The summed E-state index contributed by atoms with van der Waals surface area (Å²) >= 11 is 0. The Morgan fingerprint density at radius 1 is 0.963 bits per heavy atom. The lowest BCUT2D eigenvalue weighted by molar-refractivity contribution is 0.0771. The second-order valence-corrected chi connectivity index (χ2v) is 10.2. The molecule has 0 saturated heterocycles. The molecular weight excluding hydrogens is 390 g/mol. The highest BCUT2D eigenvalue weighted by Gasteiger charge is 2.29. The molecule has 0 bridgehead atoms. The van der Waals surface area contributed by atoms with E-state index in [4.69, 9.17) is 9.47 Å². The molecule has 1 aliphatic rings. The second-order valence-electron chi connectivity index (χ2n) is 6.20. The Morgan fingerprint density at radius 2 is 1.56 bits per heavy atom. The zero-order chi connectivity index (χ0) is 19.7. The minimum Gasteiger partial charge on any atom is -0.486 e. The van der Waals surface area contributed by atoms with Crippen LogP contribution >= 0.6 is 0 Å². The fourth-order valence-electron chi connectivity index (χ4n) is 2.79. The van der Waals surface area contributed by atoms with Crippen LogP contribution in [0, 0.1) is 0 Å². The van der Waals surface area contributed by atoms with E-state index in [1.54, 1.807) is 19.1 Å². The quantitative estimate of drug-likeness (QED) is 0.722. The summed E-state index contributed by atoms with van der Waals surface area (Å²) in [6.45, 7) is 2.36. The number of benzene rings is 2. The first-order valence-corrected chi connectivity index (χ1v) is 11.7. The summed E-state index contributed by atoms with van der Waals surface area (Å²) in [5.74, 6) is 1.22. The van der Waals surface area contributed by atoms with E-state index in [9.17, 15) is 16.8 Å². The number of nitrogens with zero attached hydrogens (tertiary/aromatic N) is 1. The van der Waals surface area contributed by atoms with Crippen LogP contribution in [0.4, 0.5) is 0 Å². The molecule has 0 saturated carbocycles. The maximum Gasteiger partial charge on any atom is 0.243 e. The third-order valence-electron chi connectivity index (χ3n) is 4.22. The Labute approximate surface area is 159 Å². The van der Waals surface area contributed by atoms with E-state index in [0.29, 0.717) is 11.5 Å². The molecule has 2 aromatic carbocycles. The smallest absolute Gasteiger partial charge is 0.243 e. The van der Waals surface area contributed by atoms with E-state index < -0.39 is 26.0 Å². The van der Waals surface area contributed by atoms with Gasteiger partial charge in [-0.25, -0.2) is 16.8 Å². The Bertz CT molecular complexity index is 1020. The minimum atomic E-state index is -3.79. The lowest BCUT2D eigenvalue weighted by Crippen LogP contribution is -2.43. The lowest BCUT2D eigenvalue weighted by Gasteiger charge is -2.30. The van der Waals surface area contributed by atoms with Crippen LogP contribution in [0.25, 0.3) is 0 Å². The third kappa shape index (κ3) is 4.26. The molecule has 0 fully saturated rings. The highest BCUT2D eigenvalue weighted by atomic mass is 32.2. The predicted molar refractivity (Wildman–Crippen MR) is 100 cm³/mol. The van der Waals surface area contributed by atoms with Crippen molar-refractivity contribution in [2.45, 2.75) is 22.8 Å². The molecule has 146 valence electrons. The van der Waals surface area contributed by atoms with Crippen LogP contribution in [0.5, 0.6) is 11.5 Å². The molecule has 3 rings (SSSR count). The molecule has 0 spiro atoms. The van der Waals surface area contributed by atoms with Gasteiger partial charge in [0.15, 0.2) is 21.3 Å². The number of para-hydroxylation sites is 2. The highest BCUT2D eigenvalue weighted by Crippen LogP contribution is 2.31. The highest BCUT2D eigenvalue weighted by molar-refractivity contribution is 7.90. The Morgan fingerprint density at radius 3 is 2.15 bits per heavy atom. The van der Waals surface area contributed by atoms with E-state index in [1.807, 2.05) is 12.1 Å². The predicted octanol–water partition coefficient (Wildman–Crippen LogP) is 1.94. The Balaban J connectivity index is 1.78. The van der Waals surface area contributed by atoms with Crippen LogP contribution in [0.3, 0.4) is 0 Å². The maximum atomic E-state index is 12.9. The van der Waals surface area contributed by atoms with Crippen LogP contribution in [-0.2, 0) is 19.9 Å². The molecule has 1 aliphatic heterocycles. The van der Waals surface area contributed by atoms with Gasteiger partial charge in [0.05, 0.1) is 16.3 Å². The van der Waals surface area contributed by atoms with E-state index in [2.05, 4.69) is 0 Å². The van der Waals surface area contributed by atoms with Gasteiger partial charge in [-0.15, -0.1) is 0 Å². The SMILES string of the molecule is CCN(C[C@H]1COc2ccccc2O1)S(=O)(=O)c1ccc(S(C)(=O)=O)cc1. The van der Waals surface area contributed by atoms with Crippen LogP contribution in [-0.4, -0.2) is 53.2 Å². The van der Waals surface area contributed by atoms with Gasteiger partial charge in [0.1, 0.15) is 12.7 Å². The van der Waals surface area contributed by atoms with Crippen molar-refractivity contribution >= 4 is 19.9 Å². The first-order chi connectivity index (χ1) is 12.7. The fourth-order valence-corrected chi connectivity index (χ4v) is 4.90. The number of fused-ring (bicyclic) bond motifs is 1. The van der Waals surface area contributed by atoms with Crippen molar-refractivity contribution in [3.8, 4) is 11.5 Å². The normalized spacial score (nSPS) is 17.1. The standard InChI is InChI=1S/C18H21NO6S2/c1-3-19(12-14-13-24-17-6-4-5-7-18(17)25-14)27(22,23)16-10-8-15(9-11-16)26(2,20)21/h4-11,14H,3,12-13H2,1-2H3/t14-/m0/s1. The van der Waals surface area contributed by atoms with Gasteiger partial charge in [0.25, 0.3) is 0 Å². The molecule has 1 heterocycles. The molecule has 27 heavy (non-hydrogen) atoms. The zero-order valence-corrected chi connectivity index (χ0v) is 16.7. The maximum absolute atomic E-state index is 12.9. The summed E-state index contributed by atoms with van der Waals surface area (Å²) in [5, 5.41) is 0. The largest absolute Gasteiger partial charge is 0.486 e. The third-order valence-corrected chi connectivity index (χ3v) is 7.30. The van der Waals surface area contributed by atoms with Crippen molar-refractivity contribution in [3.63, 3.8) is 0 Å². The lowest BCUT2D eigenvalue weighted by atomic mass is 10.2. The van der Waals surface area contributed by atoms with Crippen LogP contribution in [0.1, 0.15) is 6.92 Å². The number of hydrogen-bond acceptors (Lipinski definition) is 6. The first-order valence-electron chi connectivity index (χ1n) is 8.40.